The molecule has 0 saturated carbocycles. The molecule has 5 nitrogen and oxygen atoms in total. The minimum absolute atomic E-state index is 0.168. The third-order valence-corrected chi connectivity index (χ3v) is 2.22. The van der Waals surface area contributed by atoms with Crippen molar-refractivity contribution in [2.45, 2.75) is 19.4 Å². The number of aromatic carboxylic acids is 1. The number of aromatic amines is 1. The highest BCUT2D eigenvalue weighted by atomic mass is 16.5. The third kappa shape index (κ3) is 2.99. The van der Waals surface area contributed by atoms with Gasteiger partial charge in [0, 0.05) is 19.9 Å². The number of aromatic nitrogens is 1. The van der Waals surface area contributed by atoms with Gasteiger partial charge in [0.25, 0.3) is 0 Å². The number of H-pyrrole nitrogens is 1. The van der Waals surface area contributed by atoms with Crippen LogP contribution in [0.2, 0.25) is 0 Å². The minimum Gasteiger partial charge on any atom is -0.477 e. The summed E-state index contributed by atoms with van der Waals surface area (Å²) in [5, 5.41) is 11.9. The summed E-state index contributed by atoms with van der Waals surface area (Å²) in [4.78, 5) is 13.4. The lowest BCUT2D eigenvalue weighted by molar-refractivity contribution is 0.0343. The topological polar surface area (TPSA) is 74.3 Å². The molecule has 0 fully saturated rings. The number of methoxy groups -OCH3 is 1. The average molecular weight is 212 g/mol. The largest absolute Gasteiger partial charge is 0.477 e. The zero-order valence-electron chi connectivity index (χ0n) is 9.13. The van der Waals surface area contributed by atoms with Gasteiger partial charge in [0.1, 0.15) is 5.69 Å². The zero-order chi connectivity index (χ0) is 11.5. The second-order valence-corrected chi connectivity index (χ2v) is 3.89. The number of ether oxygens (including phenoxy) is 1. The van der Waals surface area contributed by atoms with Crippen LogP contribution in [0.15, 0.2) is 12.3 Å². The number of carboxylic acid groups (broad SMARTS) is 1. The highest BCUT2D eigenvalue weighted by molar-refractivity contribution is 5.92. The summed E-state index contributed by atoms with van der Waals surface area (Å²) in [6, 6.07) is 1.69. The Bertz CT molecular complexity index is 344. The van der Waals surface area contributed by atoms with Gasteiger partial charge in [-0.1, -0.05) is 0 Å². The first-order valence-corrected chi connectivity index (χ1v) is 4.66. The summed E-state index contributed by atoms with van der Waals surface area (Å²) in [5.41, 5.74) is 0.419. The smallest absolute Gasteiger partial charge is 0.354 e. The van der Waals surface area contributed by atoms with E-state index < -0.39 is 5.97 Å². The van der Waals surface area contributed by atoms with E-state index in [1.807, 2.05) is 13.8 Å². The van der Waals surface area contributed by atoms with E-state index in [1.54, 1.807) is 19.4 Å². The Morgan fingerprint density at radius 2 is 2.33 bits per heavy atom. The molecule has 1 aromatic heterocycles. The summed E-state index contributed by atoms with van der Waals surface area (Å²) < 4.78 is 5.22. The van der Waals surface area contributed by atoms with E-state index in [4.69, 9.17) is 9.84 Å². The van der Waals surface area contributed by atoms with Gasteiger partial charge >= 0.3 is 5.97 Å². The number of hydrogen-bond donors (Lipinski definition) is 3. The van der Waals surface area contributed by atoms with Crippen molar-refractivity contribution in [3.8, 4) is 0 Å². The molecule has 0 atom stereocenters. The third-order valence-electron chi connectivity index (χ3n) is 2.22. The van der Waals surface area contributed by atoms with Gasteiger partial charge in [-0.05, 0) is 19.9 Å². The highest BCUT2D eigenvalue weighted by Gasteiger charge is 2.18. The van der Waals surface area contributed by atoms with Crippen molar-refractivity contribution in [2.24, 2.45) is 0 Å². The van der Waals surface area contributed by atoms with Crippen molar-refractivity contribution in [1.82, 2.24) is 4.98 Å². The van der Waals surface area contributed by atoms with Crippen molar-refractivity contribution < 1.29 is 14.6 Å². The maximum Gasteiger partial charge on any atom is 0.354 e. The van der Waals surface area contributed by atoms with Crippen LogP contribution in [0.5, 0.6) is 0 Å². The highest BCUT2D eigenvalue weighted by Crippen LogP contribution is 2.15. The molecule has 0 spiro atoms. The molecule has 0 radical (unpaired) electrons. The summed E-state index contributed by atoms with van der Waals surface area (Å²) in [6.07, 6.45) is 1.59. The standard InChI is InChI=1S/C10H16N2O3/c1-10(2,15-3)6-12-7-4-5-11-8(7)9(13)14/h4-5,11-12H,6H2,1-3H3,(H,13,14). The molecule has 1 heterocycles. The van der Waals surface area contributed by atoms with Crippen LogP contribution in [-0.2, 0) is 4.74 Å². The second-order valence-electron chi connectivity index (χ2n) is 3.89. The summed E-state index contributed by atoms with van der Waals surface area (Å²) in [5.74, 6) is -0.974. The molecule has 15 heavy (non-hydrogen) atoms. The second kappa shape index (κ2) is 4.35. The number of carbonyl (C=O) groups is 1. The predicted molar refractivity (Wildman–Crippen MR) is 57.3 cm³/mol. The normalized spacial score (nSPS) is 11.4. The van der Waals surface area contributed by atoms with Crippen LogP contribution in [0.4, 0.5) is 5.69 Å². The molecule has 0 amide bonds. The maximum atomic E-state index is 10.8. The van der Waals surface area contributed by atoms with Crippen molar-refractivity contribution in [1.29, 1.82) is 0 Å². The van der Waals surface area contributed by atoms with Gasteiger partial charge in [0.05, 0.1) is 11.3 Å². The first-order chi connectivity index (χ1) is 6.96. The monoisotopic (exact) mass is 212 g/mol. The maximum absolute atomic E-state index is 10.8. The van der Waals surface area contributed by atoms with Gasteiger partial charge in [-0.15, -0.1) is 0 Å². The molecule has 0 saturated heterocycles. The molecule has 0 aromatic carbocycles. The van der Waals surface area contributed by atoms with Crippen LogP contribution in [0.25, 0.3) is 0 Å². The SMILES string of the molecule is COC(C)(C)CNc1cc[nH]c1C(=O)O. The minimum atomic E-state index is -0.974. The molecule has 0 bridgehead atoms. The van der Waals surface area contributed by atoms with Gasteiger partial charge in [-0.25, -0.2) is 4.79 Å². The van der Waals surface area contributed by atoms with Gasteiger partial charge in [-0.2, -0.15) is 0 Å². The number of rotatable bonds is 5. The van der Waals surface area contributed by atoms with Gasteiger partial charge in [0.15, 0.2) is 0 Å². The molecular weight excluding hydrogens is 196 g/mol. The van der Waals surface area contributed by atoms with Crippen LogP contribution >= 0.6 is 0 Å². The fourth-order valence-electron chi connectivity index (χ4n) is 1.07. The van der Waals surface area contributed by atoms with Crippen LogP contribution in [0, 0.1) is 0 Å². The van der Waals surface area contributed by atoms with Crippen LogP contribution in [0.3, 0.4) is 0 Å². The Kier molecular flexibility index (Phi) is 3.36. The van der Waals surface area contributed by atoms with Crippen LogP contribution in [-0.4, -0.2) is 35.3 Å². The summed E-state index contributed by atoms with van der Waals surface area (Å²) >= 11 is 0. The fraction of sp³-hybridized carbons (Fsp3) is 0.500. The molecule has 84 valence electrons. The lowest BCUT2D eigenvalue weighted by atomic mass is 10.1. The molecule has 1 rings (SSSR count). The Morgan fingerprint density at radius 3 is 2.87 bits per heavy atom. The Hall–Kier alpha value is -1.49. The van der Waals surface area contributed by atoms with Crippen molar-refractivity contribution in [2.75, 3.05) is 19.0 Å². The van der Waals surface area contributed by atoms with Gasteiger partial charge < -0.3 is 20.1 Å². The van der Waals surface area contributed by atoms with Crippen molar-refractivity contribution in [3.05, 3.63) is 18.0 Å². The van der Waals surface area contributed by atoms with Crippen LogP contribution in [0.1, 0.15) is 24.3 Å². The Morgan fingerprint density at radius 1 is 1.67 bits per heavy atom. The first-order valence-electron chi connectivity index (χ1n) is 4.66. The average Bonchev–Trinajstić information content (AvgIpc) is 2.63. The van der Waals surface area contributed by atoms with E-state index in [9.17, 15) is 4.79 Å². The Labute approximate surface area is 88.4 Å². The predicted octanol–water partition coefficient (Wildman–Crippen LogP) is 1.55. The first kappa shape index (κ1) is 11.6. The number of carboxylic acids is 1. The van der Waals surface area contributed by atoms with Gasteiger partial charge in [0.2, 0.25) is 0 Å². The number of nitrogens with one attached hydrogen (secondary N) is 2. The molecule has 5 heteroatoms. The molecule has 0 aliphatic rings. The van der Waals surface area contributed by atoms with E-state index in [0.29, 0.717) is 12.2 Å². The summed E-state index contributed by atoms with van der Waals surface area (Å²) in [6.45, 7) is 4.39. The Balaban J connectivity index is 2.65. The van der Waals surface area contributed by atoms with E-state index in [2.05, 4.69) is 10.3 Å². The van der Waals surface area contributed by atoms with E-state index in [0.717, 1.165) is 0 Å². The quantitative estimate of drug-likeness (QED) is 0.692. The molecular formula is C10H16N2O3. The van der Waals surface area contributed by atoms with E-state index >= 15 is 0 Å². The molecule has 0 unspecified atom stereocenters. The van der Waals surface area contributed by atoms with Crippen LogP contribution < -0.4 is 5.32 Å². The molecule has 0 aliphatic heterocycles. The van der Waals surface area contributed by atoms with E-state index in [1.165, 1.54) is 0 Å². The lowest BCUT2D eigenvalue weighted by Gasteiger charge is -2.23. The molecule has 3 N–H and O–H groups in total. The molecule has 0 aliphatic carbocycles. The summed E-state index contributed by atoms with van der Waals surface area (Å²) in [7, 11) is 1.62. The van der Waals surface area contributed by atoms with E-state index in [-0.39, 0.29) is 11.3 Å². The van der Waals surface area contributed by atoms with Crippen molar-refractivity contribution in [3.63, 3.8) is 0 Å². The number of hydrogen-bond acceptors (Lipinski definition) is 3. The van der Waals surface area contributed by atoms with Crippen molar-refractivity contribution >= 4 is 11.7 Å². The zero-order valence-corrected chi connectivity index (χ0v) is 9.13. The number of anilines is 1. The lowest BCUT2D eigenvalue weighted by Crippen LogP contribution is -2.32. The fourth-order valence-corrected chi connectivity index (χ4v) is 1.07. The van der Waals surface area contributed by atoms with Gasteiger partial charge in [-0.3, -0.25) is 0 Å². The molecule has 1 aromatic rings.